The number of amides is 1. The van der Waals surface area contributed by atoms with Crippen LogP contribution in [0.15, 0.2) is 84.9 Å². The monoisotopic (exact) mass is 440 g/mol. The molecule has 0 saturated heterocycles. The van der Waals surface area contributed by atoms with Crippen LogP contribution in [0.5, 0.6) is 0 Å². The molecule has 0 aliphatic heterocycles. The normalized spacial score (nSPS) is 10.5. The summed E-state index contributed by atoms with van der Waals surface area (Å²) in [6.45, 7) is -0.463. The lowest BCUT2D eigenvalue weighted by Crippen LogP contribution is -2.21. The van der Waals surface area contributed by atoms with Gasteiger partial charge in [-0.05, 0) is 36.4 Å². The topological polar surface area (TPSA) is 94.6 Å². The zero-order valence-electron chi connectivity index (χ0n) is 17.8. The molecule has 0 unspecified atom stereocenters. The predicted molar refractivity (Wildman–Crippen MR) is 124 cm³/mol. The molecule has 1 N–H and O–H groups in total. The minimum absolute atomic E-state index is 0.328. The Hall–Kier alpha value is -4.52. The summed E-state index contributed by atoms with van der Waals surface area (Å²) in [5.41, 5.74) is 3.31. The summed E-state index contributed by atoms with van der Waals surface area (Å²) in [7, 11) is 1.29. The van der Waals surface area contributed by atoms with Crippen molar-refractivity contribution in [3.8, 4) is 11.3 Å². The van der Waals surface area contributed by atoms with Crippen LogP contribution in [-0.4, -0.2) is 36.5 Å². The molecule has 0 bridgehead atoms. The highest BCUT2D eigenvalue weighted by atomic mass is 16.5. The zero-order valence-corrected chi connectivity index (χ0v) is 17.8. The van der Waals surface area contributed by atoms with Crippen LogP contribution in [0.4, 0.5) is 5.69 Å². The summed E-state index contributed by atoms with van der Waals surface area (Å²) in [6, 6.07) is 24.6. The first kappa shape index (κ1) is 21.7. The van der Waals surface area contributed by atoms with Gasteiger partial charge in [-0.3, -0.25) is 4.79 Å². The Labute approximate surface area is 190 Å². The Kier molecular flexibility index (Phi) is 6.40. The number of esters is 2. The van der Waals surface area contributed by atoms with Crippen molar-refractivity contribution in [3.63, 3.8) is 0 Å². The van der Waals surface area contributed by atoms with Crippen molar-refractivity contribution in [2.75, 3.05) is 19.0 Å². The second-order valence-corrected chi connectivity index (χ2v) is 7.13. The van der Waals surface area contributed by atoms with Crippen LogP contribution >= 0.6 is 0 Å². The summed E-state index contributed by atoms with van der Waals surface area (Å²) in [6.07, 6.45) is 0. The summed E-state index contributed by atoms with van der Waals surface area (Å²) < 4.78 is 9.93. The number of carbonyl (C=O) groups is 3. The fourth-order valence-electron chi connectivity index (χ4n) is 3.31. The van der Waals surface area contributed by atoms with E-state index in [2.05, 4.69) is 15.0 Å². The van der Waals surface area contributed by atoms with E-state index in [0.29, 0.717) is 33.4 Å². The highest BCUT2D eigenvalue weighted by molar-refractivity contribution is 6.05. The molecule has 4 aromatic rings. The molecule has 0 spiro atoms. The number of para-hydroxylation sites is 1. The number of carbonyl (C=O) groups excluding carboxylic acids is 3. The van der Waals surface area contributed by atoms with Crippen molar-refractivity contribution in [2.45, 2.75) is 0 Å². The van der Waals surface area contributed by atoms with Gasteiger partial charge in [-0.2, -0.15) is 0 Å². The Bertz CT molecular complexity index is 1320. The molecule has 164 valence electrons. The molecule has 0 atom stereocenters. The summed E-state index contributed by atoms with van der Waals surface area (Å²) in [5, 5.41) is 3.27. The first-order valence-electron chi connectivity index (χ1n) is 10.2. The molecule has 33 heavy (non-hydrogen) atoms. The SMILES string of the molecule is COC(=O)c1ccc(NC(=O)COC(=O)c2cc(-c3ccccc3)nc3ccccc23)cc1. The summed E-state index contributed by atoms with van der Waals surface area (Å²) in [4.78, 5) is 41.3. The van der Waals surface area contributed by atoms with Crippen LogP contribution in [0.2, 0.25) is 0 Å². The van der Waals surface area contributed by atoms with Gasteiger partial charge in [-0.15, -0.1) is 0 Å². The number of fused-ring (bicyclic) bond motifs is 1. The van der Waals surface area contributed by atoms with Crippen molar-refractivity contribution < 1.29 is 23.9 Å². The Balaban J connectivity index is 1.48. The molecule has 1 amide bonds. The number of anilines is 1. The first-order chi connectivity index (χ1) is 16.0. The third-order valence-electron chi connectivity index (χ3n) is 4.93. The highest BCUT2D eigenvalue weighted by Crippen LogP contribution is 2.25. The number of hydrogen-bond donors (Lipinski definition) is 1. The molecule has 0 aliphatic carbocycles. The number of nitrogens with one attached hydrogen (secondary N) is 1. The van der Waals surface area contributed by atoms with Crippen LogP contribution < -0.4 is 5.32 Å². The molecule has 7 nitrogen and oxygen atoms in total. The maximum atomic E-state index is 12.9. The average molecular weight is 440 g/mol. The molecule has 1 heterocycles. The van der Waals surface area contributed by atoms with Gasteiger partial charge in [-0.1, -0.05) is 48.5 Å². The number of ether oxygens (including phenoxy) is 2. The van der Waals surface area contributed by atoms with Crippen molar-refractivity contribution in [3.05, 3.63) is 96.1 Å². The lowest BCUT2D eigenvalue weighted by atomic mass is 10.0. The minimum Gasteiger partial charge on any atom is -0.465 e. The van der Waals surface area contributed by atoms with Gasteiger partial charge in [0.25, 0.3) is 5.91 Å². The second kappa shape index (κ2) is 9.74. The van der Waals surface area contributed by atoms with Gasteiger partial charge in [0.15, 0.2) is 6.61 Å². The first-order valence-corrected chi connectivity index (χ1v) is 10.2. The smallest absolute Gasteiger partial charge is 0.339 e. The van der Waals surface area contributed by atoms with Gasteiger partial charge >= 0.3 is 11.9 Å². The van der Waals surface area contributed by atoms with Crippen molar-refractivity contribution in [1.29, 1.82) is 0 Å². The molecule has 7 heteroatoms. The van der Waals surface area contributed by atoms with Gasteiger partial charge in [0.1, 0.15) is 0 Å². The number of pyridine rings is 1. The van der Waals surface area contributed by atoms with E-state index in [1.807, 2.05) is 48.5 Å². The number of hydrogen-bond acceptors (Lipinski definition) is 6. The quantitative estimate of drug-likeness (QED) is 0.444. The van der Waals surface area contributed by atoms with Gasteiger partial charge in [-0.25, -0.2) is 14.6 Å². The van der Waals surface area contributed by atoms with Crippen molar-refractivity contribution in [2.24, 2.45) is 0 Å². The maximum Gasteiger partial charge on any atom is 0.339 e. The summed E-state index contributed by atoms with van der Waals surface area (Å²) in [5.74, 6) is -1.60. The Morgan fingerprint density at radius 1 is 0.848 bits per heavy atom. The van der Waals surface area contributed by atoms with Crippen molar-refractivity contribution in [1.82, 2.24) is 4.98 Å². The number of methoxy groups -OCH3 is 1. The van der Waals surface area contributed by atoms with Crippen LogP contribution in [0.25, 0.3) is 22.2 Å². The van der Waals surface area contributed by atoms with E-state index in [0.717, 1.165) is 5.56 Å². The molecule has 1 aromatic heterocycles. The number of benzene rings is 3. The number of nitrogens with zero attached hydrogens (tertiary/aromatic N) is 1. The van der Waals surface area contributed by atoms with Gasteiger partial charge in [0.05, 0.1) is 29.4 Å². The Morgan fingerprint density at radius 3 is 2.27 bits per heavy atom. The lowest BCUT2D eigenvalue weighted by Gasteiger charge is -2.10. The minimum atomic E-state index is -0.623. The predicted octanol–water partition coefficient (Wildman–Crippen LogP) is 4.48. The fourth-order valence-corrected chi connectivity index (χ4v) is 3.31. The van der Waals surface area contributed by atoms with Crippen LogP contribution in [0, 0.1) is 0 Å². The second-order valence-electron chi connectivity index (χ2n) is 7.13. The number of rotatable bonds is 6. The maximum absolute atomic E-state index is 12.9. The van der Waals surface area contributed by atoms with Gasteiger partial charge < -0.3 is 14.8 Å². The molecule has 4 rings (SSSR count). The third-order valence-corrected chi connectivity index (χ3v) is 4.93. The molecule has 0 fully saturated rings. The van der Waals surface area contributed by atoms with Gasteiger partial charge in [0.2, 0.25) is 0 Å². The molecular weight excluding hydrogens is 420 g/mol. The lowest BCUT2D eigenvalue weighted by molar-refractivity contribution is -0.119. The van der Waals surface area contributed by atoms with E-state index in [4.69, 9.17) is 4.74 Å². The van der Waals surface area contributed by atoms with E-state index in [9.17, 15) is 14.4 Å². The van der Waals surface area contributed by atoms with Gasteiger partial charge in [0, 0.05) is 16.6 Å². The number of aromatic nitrogens is 1. The fraction of sp³-hybridized carbons (Fsp3) is 0.0769. The summed E-state index contributed by atoms with van der Waals surface area (Å²) >= 11 is 0. The third kappa shape index (κ3) is 5.04. The molecule has 0 aliphatic rings. The highest BCUT2D eigenvalue weighted by Gasteiger charge is 2.17. The van der Waals surface area contributed by atoms with Crippen LogP contribution in [0.1, 0.15) is 20.7 Å². The molecular formula is C26H20N2O5. The van der Waals surface area contributed by atoms with Crippen LogP contribution in [0.3, 0.4) is 0 Å². The average Bonchev–Trinajstić information content (AvgIpc) is 2.87. The van der Waals surface area contributed by atoms with E-state index < -0.39 is 24.5 Å². The van der Waals surface area contributed by atoms with E-state index in [1.54, 1.807) is 24.3 Å². The molecule has 0 radical (unpaired) electrons. The standard InChI is InChI=1S/C26H20N2O5/c1-32-25(30)18-11-13-19(14-12-18)27-24(29)16-33-26(31)21-15-23(17-7-3-2-4-8-17)28-22-10-6-5-9-20(21)22/h2-15H,16H2,1H3,(H,27,29). The van der Waals surface area contributed by atoms with E-state index in [1.165, 1.54) is 19.2 Å². The Morgan fingerprint density at radius 2 is 1.55 bits per heavy atom. The zero-order chi connectivity index (χ0) is 23.2. The van der Waals surface area contributed by atoms with E-state index in [-0.39, 0.29) is 0 Å². The molecule has 3 aromatic carbocycles. The molecule has 0 saturated carbocycles. The van der Waals surface area contributed by atoms with Crippen molar-refractivity contribution >= 4 is 34.4 Å². The van der Waals surface area contributed by atoms with E-state index >= 15 is 0 Å². The largest absolute Gasteiger partial charge is 0.465 e. The van der Waals surface area contributed by atoms with Crippen LogP contribution in [-0.2, 0) is 14.3 Å².